The second-order valence-corrected chi connectivity index (χ2v) is 4.73. The van der Waals surface area contributed by atoms with Crippen LogP contribution in [0.1, 0.15) is 60.3 Å². The van der Waals surface area contributed by atoms with Gasteiger partial charge in [-0.2, -0.15) is 0 Å². The summed E-state index contributed by atoms with van der Waals surface area (Å²) in [7, 11) is 0. The van der Waals surface area contributed by atoms with Crippen LogP contribution < -0.4 is 4.74 Å². The predicted octanol–water partition coefficient (Wildman–Crippen LogP) is 4.36. The largest absolute Gasteiger partial charge is 2.00 e. The second-order valence-electron chi connectivity index (χ2n) is 4.73. The molecule has 0 unspecified atom stereocenters. The van der Waals surface area contributed by atoms with E-state index in [1.807, 2.05) is 24.3 Å². The van der Waals surface area contributed by atoms with Crippen molar-refractivity contribution in [2.45, 2.75) is 58.3 Å². The molecule has 0 saturated heterocycles. The van der Waals surface area contributed by atoms with Crippen LogP contribution in [0.3, 0.4) is 0 Å². The van der Waals surface area contributed by atoms with Gasteiger partial charge in [-0.15, -0.1) is 0 Å². The molecule has 0 heterocycles. The summed E-state index contributed by atoms with van der Waals surface area (Å²) in [6.45, 7) is 2.71. The van der Waals surface area contributed by atoms with Crippen molar-refractivity contribution < 1.29 is 12.4 Å². The van der Waals surface area contributed by atoms with Gasteiger partial charge in [0.05, 0.1) is 0 Å². The number of benzene rings is 1. The molecular formula is C16H26MgO2. The van der Waals surface area contributed by atoms with Gasteiger partial charge in [0, 0.05) is 0 Å². The topological polar surface area (TPSA) is 26.3 Å². The molecule has 19 heavy (non-hydrogen) atoms. The first-order chi connectivity index (χ1) is 8.86. The summed E-state index contributed by atoms with van der Waals surface area (Å²) in [5.74, 6) is 0.619. The Morgan fingerprint density at radius 2 is 1.58 bits per heavy atom. The minimum absolute atomic E-state index is 0. The molecule has 2 nitrogen and oxygen atoms in total. The smallest absolute Gasteiger partial charge is 1.00 e. The maximum Gasteiger partial charge on any atom is 2.00 e. The van der Waals surface area contributed by atoms with Gasteiger partial charge in [0.15, 0.2) is 0 Å². The number of rotatable bonds is 10. The molecule has 0 aliphatic carbocycles. The van der Waals surface area contributed by atoms with Crippen molar-refractivity contribution in [2.24, 2.45) is 0 Å². The predicted molar refractivity (Wildman–Crippen MR) is 82.8 cm³/mol. The van der Waals surface area contributed by atoms with E-state index in [0.29, 0.717) is 12.2 Å². The van der Waals surface area contributed by atoms with Crippen molar-refractivity contribution >= 4 is 29.5 Å². The Kier molecular flexibility index (Phi) is 12.1. The van der Waals surface area contributed by atoms with Crippen LogP contribution in [0.25, 0.3) is 0 Å². The van der Waals surface area contributed by atoms with Gasteiger partial charge in [0.25, 0.3) is 6.47 Å². The molecule has 0 aliphatic heterocycles. The summed E-state index contributed by atoms with van der Waals surface area (Å²) in [4.78, 5) is 10.2. The first-order valence-electron chi connectivity index (χ1n) is 7.06. The van der Waals surface area contributed by atoms with Crippen molar-refractivity contribution in [1.82, 2.24) is 0 Å². The van der Waals surface area contributed by atoms with Crippen molar-refractivity contribution in [3.63, 3.8) is 0 Å². The molecule has 104 valence electrons. The number of hydrogen-bond acceptors (Lipinski definition) is 2. The Morgan fingerprint density at radius 3 is 2.16 bits per heavy atom. The Hall–Kier alpha value is -0.544. The molecule has 0 N–H and O–H groups in total. The summed E-state index contributed by atoms with van der Waals surface area (Å²) in [6, 6.07) is 7.78. The van der Waals surface area contributed by atoms with Crippen LogP contribution in [-0.4, -0.2) is 29.5 Å². The summed E-state index contributed by atoms with van der Waals surface area (Å²) in [6.07, 6.45) is 10.5. The summed E-state index contributed by atoms with van der Waals surface area (Å²) in [5, 5.41) is 0. The molecule has 0 spiro atoms. The number of unbranched alkanes of at least 4 members (excludes halogenated alkanes) is 6. The Morgan fingerprint density at radius 1 is 1.00 bits per heavy atom. The van der Waals surface area contributed by atoms with E-state index in [9.17, 15) is 4.79 Å². The summed E-state index contributed by atoms with van der Waals surface area (Å²) < 4.78 is 4.76. The molecule has 1 rings (SSSR count). The Bertz CT molecular complexity index is 332. The number of aryl methyl sites for hydroxylation is 1. The molecule has 1 aromatic rings. The van der Waals surface area contributed by atoms with Gasteiger partial charge >= 0.3 is 23.1 Å². The summed E-state index contributed by atoms with van der Waals surface area (Å²) >= 11 is 0. The van der Waals surface area contributed by atoms with Gasteiger partial charge in [-0.05, 0) is 30.5 Å². The monoisotopic (exact) mass is 274 g/mol. The van der Waals surface area contributed by atoms with Crippen molar-refractivity contribution in [3.8, 4) is 5.75 Å². The van der Waals surface area contributed by atoms with E-state index in [1.165, 1.54) is 50.5 Å². The zero-order valence-electron chi connectivity index (χ0n) is 14.1. The number of carbonyl (C=O) groups excluding carboxylic acids is 1. The van der Waals surface area contributed by atoms with Crippen molar-refractivity contribution in [3.05, 3.63) is 29.8 Å². The normalized spacial score (nSPS) is 9.74. The molecule has 0 bridgehead atoms. The molecule has 3 heteroatoms. The van der Waals surface area contributed by atoms with Crippen LogP contribution in [0.5, 0.6) is 5.75 Å². The minimum Gasteiger partial charge on any atom is -1.00 e. The fourth-order valence-electron chi connectivity index (χ4n) is 2.08. The zero-order valence-corrected chi connectivity index (χ0v) is 13.5. The van der Waals surface area contributed by atoms with Gasteiger partial charge in [-0.3, -0.25) is 4.79 Å². The molecule has 0 aliphatic rings. The maximum absolute atomic E-state index is 10.2. The molecule has 0 fully saturated rings. The fourth-order valence-corrected chi connectivity index (χ4v) is 2.08. The average Bonchev–Trinajstić information content (AvgIpc) is 2.40. The van der Waals surface area contributed by atoms with Crippen LogP contribution >= 0.6 is 0 Å². The molecule has 0 saturated carbocycles. The van der Waals surface area contributed by atoms with E-state index in [2.05, 4.69) is 6.92 Å². The van der Waals surface area contributed by atoms with Crippen LogP contribution in [-0.2, 0) is 11.2 Å². The third-order valence-electron chi connectivity index (χ3n) is 3.18. The molecular weight excluding hydrogens is 248 g/mol. The van der Waals surface area contributed by atoms with Crippen LogP contribution in [0.4, 0.5) is 0 Å². The van der Waals surface area contributed by atoms with E-state index in [-0.39, 0.29) is 25.9 Å². The van der Waals surface area contributed by atoms with E-state index < -0.39 is 0 Å². The number of carbonyl (C=O) groups is 1. The van der Waals surface area contributed by atoms with E-state index in [0.717, 1.165) is 6.42 Å². The van der Waals surface area contributed by atoms with E-state index >= 15 is 0 Å². The van der Waals surface area contributed by atoms with Crippen LogP contribution in [0.2, 0.25) is 0 Å². The third-order valence-corrected chi connectivity index (χ3v) is 3.18. The minimum atomic E-state index is 0. The van der Waals surface area contributed by atoms with Gasteiger partial charge < -0.3 is 7.59 Å². The molecule has 0 atom stereocenters. The van der Waals surface area contributed by atoms with E-state index in [4.69, 9.17) is 4.74 Å². The SMILES string of the molecule is CCCCCCCCCc1ccc(OC=O)cc1.[H-].[H-].[Mg+2]. The molecule has 0 amide bonds. The quantitative estimate of drug-likeness (QED) is 0.360. The Balaban J connectivity index is -0.00000108. The van der Waals surface area contributed by atoms with Crippen molar-refractivity contribution in [1.29, 1.82) is 0 Å². The number of hydrogen-bond donors (Lipinski definition) is 0. The first kappa shape index (κ1) is 18.5. The third kappa shape index (κ3) is 9.06. The average molecular weight is 275 g/mol. The van der Waals surface area contributed by atoms with Crippen molar-refractivity contribution in [2.75, 3.05) is 0 Å². The fraction of sp³-hybridized carbons (Fsp3) is 0.562. The maximum atomic E-state index is 10.2. The Labute approximate surface area is 136 Å². The van der Waals surface area contributed by atoms with Gasteiger partial charge in [0.2, 0.25) is 0 Å². The molecule has 0 aromatic heterocycles. The van der Waals surface area contributed by atoms with Crippen LogP contribution in [0.15, 0.2) is 24.3 Å². The van der Waals surface area contributed by atoms with Gasteiger partial charge in [-0.1, -0.05) is 57.6 Å². The van der Waals surface area contributed by atoms with Gasteiger partial charge in [0.1, 0.15) is 5.75 Å². The molecule has 0 radical (unpaired) electrons. The second kappa shape index (κ2) is 12.5. The zero-order chi connectivity index (χ0) is 13.1. The molecule has 1 aromatic carbocycles. The summed E-state index contributed by atoms with van der Waals surface area (Å²) in [5.41, 5.74) is 1.32. The first-order valence-corrected chi connectivity index (χ1v) is 7.06. The van der Waals surface area contributed by atoms with Gasteiger partial charge in [-0.25, -0.2) is 0 Å². The van der Waals surface area contributed by atoms with E-state index in [1.54, 1.807) is 0 Å². The standard InChI is InChI=1S/C16H24O2.Mg.2H/c1-2-3-4-5-6-7-8-9-15-10-12-16(13-11-15)18-14-17;;;/h10-14H,2-9H2,1H3;;;/q;+2;2*-1. The number of ether oxygens (including phenoxy) is 1. The van der Waals surface area contributed by atoms with Crippen LogP contribution in [0, 0.1) is 0 Å².